The minimum atomic E-state index is -0.297. The third-order valence-corrected chi connectivity index (χ3v) is 5.03. The molecule has 2 heterocycles. The average molecular weight is 336 g/mol. The zero-order valence-corrected chi connectivity index (χ0v) is 15.3. The summed E-state index contributed by atoms with van der Waals surface area (Å²) in [6, 6.07) is 0. The van der Waals surface area contributed by atoms with Gasteiger partial charge in [-0.2, -0.15) is 0 Å². The van der Waals surface area contributed by atoms with Crippen LogP contribution >= 0.6 is 0 Å². The second kappa shape index (κ2) is 9.85. The summed E-state index contributed by atoms with van der Waals surface area (Å²) in [5.41, 5.74) is 1.16. The van der Waals surface area contributed by atoms with Crippen molar-refractivity contribution in [2.24, 2.45) is 0 Å². The third-order valence-electron chi connectivity index (χ3n) is 5.03. The first-order valence-electron chi connectivity index (χ1n) is 9.79. The lowest BCUT2D eigenvalue weighted by Crippen LogP contribution is -2.06. The first-order chi connectivity index (χ1) is 11.7. The molecule has 24 heavy (non-hydrogen) atoms. The zero-order chi connectivity index (χ0) is 17.4. The van der Waals surface area contributed by atoms with Crippen molar-refractivity contribution < 1.29 is 19.1 Å². The Labute approximate surface area is 146 Å². The molecule has 0 radical (unpaired) electrons. The maximum Gasteiger partial charge on any atom is 0.334 e. The van der Waals surface area contributed by atoms with E-state index < -0.39 is 0 Å². The number of esters is 2. The molecule has 2 rings (SSSR count). The molecule has 0 amide bonds. The highest BCUT2D eigenvalue weighted by Gasteiger charge is 2.38. The van der Waals surface area contributed by atoms with Crippen molar-refractivity contribution in [2.45, 2.75) is 103 Å². The minimum absolute atomic E-state index is 0.0479. The summed E-state index contributed by atoms with van der Waals surface area (Å²) in [7, 11) is 0. The summed E-state index contributed by atoms with van der Waals surface area (Å²) in [5, 5.41) is 0. The Morgan fingerprint density at radius 2 is 1.12 bits per heavy atom. The first kappa shape index (κ1) is 19.0. The van der Waals surface area contributed by atoms with Crippen LogP contribution in [0.1, 0.15) is 90.9 Å². The van der Waals surface area contributed by atoms with Gasteiger partial charge in [0.05, 0.1) is 11.1 Å². The smallest absolute Gasteiger partial charge is 0.334 e. The molecule has 0 spiro atoms. The molecule has 0 aromatic carbocycles. The van der Waals surface area contributed by atoms with Crippen LogP contribution in [0.4, 0.5) is 0 Å². The van der Waals surface area contributed by atoms with Crippen LogP contribution in [0.3, 0.4) is 0 Å². The first-order valence-corrected chi connectivity index (χ1v) is 9.79. The van der Waals surface area contributed by atoms with Crippen molar-refractivity contribution >= 4 is 11.9 Å². The van der Waals surface area contributed by atoms with E-state index >= 15 is 0 Å². The lowest BCUT2D eigenvalue weighted by Gasteiger charge is -2.07. The van der Waals surface area contributed by atoms with Crippen molar-refractivity contribution in [3.05, 3.63) is 11.1 Å². The molecule has 0 saturated carbocycles. The third kappa shape index (κ3) is 5.35. The van der Waals surface area contributed by atoms with E-state index in [9.17, 15) is 9.59 Å². The van der Waals surface area contributed by atoms with Gasteiger partial charge in [-0.05, 0) is 25.7 Å². The highest BCUT2D eigenvalue weighted by Crippen LogP contribution is 2.34. The van der Waals surface area contributed by atoms with Gasteiger partial charge in [-0.25, -0.2) is 9.59 Å². The zero-order valence-electron chi connectivity index (χ0n) is 15.3. The van der Waals surface area contributed by atoms with E-state index in [1.165, 1.54) is 38.5 Å². The summed E-state index contributed by atoms with van der Waals surface area (Å²) in [5.74, 6) is -0.594. The normalized spacial score (nSPS) is 26.8. The van der Waals surface area contributed by atoms with E-state index in [0.29, 0.717) is 24.0 Å². The van der Waals surface area contributed by atoms with Crippen LogP contribution in [-0.2, 0) is 19.1 Å². The molecule has 2 aliphatic rings. The van der Waals surface area contributed by atoms with E-state index in [1.807, 2.05) is 0 Å². The summed E-state index contributed by atoms with van der Waals surface area (Å²) < 4.78 is 10.9. The molecular weight excluding hydrogens is 304 g/mol. The number of ether oxygens (including phenoxy) is 2. The number of hydrogen-bond donors (Lipinski definition) is 0. The van der Waals surface area contributed by atoms with Crippen LogP contribution in [0.15, 0.2) is 11.1 Å². The molecule has 2 unspecified atom stereocenters. The number of unbranched alkanes of at least 4 members (excludes halogenated alkanes) is 6. The van der Waals surface area contributed by atoms with Crippen LogP contribution in [0.2, 0.25) is 0 Å². The predicted molar refractivity (Wildman–Crippen MR) is 93.5 cm³/mol. The number of carbonyl (C=O) groups is 2. The lowest BCUT2D eigenvalue weighted by atomic mass is 9.98. The van der Waals surface area contributed by atoms with Gasteiger partial charge >= 0.3 is 11.9 Å². The van der Waals surface area contributed by atoms with Crippen LogP contribution < -0.4 is 0 Å². The monoisotopic (exact) mass is 336 g/mol. The maximum absolute atomic E-state index is 12.1. The fourth-order valence-corrected chi connectivity index (χ4v) is 3.56. The molecular formula is C20H32O4. The maximum atomic E-state index is 12.1. The van der Waals surface area contributed by atoms with Gasteiger partial charge in [0, 0.05) is 12.8 Å². The average Bonchev–Trinajstić information content (AvgIpc) is 3.10. The molecule has 4 heteroatoms. The highest BCUT2D eigenvalue weighted by molar-refractivity contribution is 6.02. The molecule has 0 aromatic rings. The second-order valence-corrected chi connectivity index (χ2v) is 7.12. The summed E-state index contributed by atoms with van der Waals surface area (Å²) in [4.78, 5) is 24.2. The van der Waals surface area contributed by atoms with Crippen molar-refractivity contribution in [1.82, 2.24) is 0 Å². The lowest BCUT2D eigenvalue weighted by molar-refractivity contribution is -0.141. The SMILES string of the molecule is CCCCCCC1C/C(=C2/CC(CCCCCC)OC2=O)C(=O)O1. The molecule has 2 atom stereocenters. The number of cyclic esters (lactones) is 2. The van der Waals surface area contributed by atoms with E-state index in [1.54, 1.807) is 0 Å². The van der Waals surface area contributed by atoms with Crippen LogP contribution in [-0.4, -0.2) is 24.1 Å². The van der Waals surface area contributed by atoms with Crippen LogP contribution in [0.5, 0.6) is 0 Å². The van der Waals surface area contributed by atoms with Gasteiger partial charge < -0.3 is 9.47 Å². The number of carbonyl (C=O) groups excluding carboxylic acids is 2. The van der Waals surface area contributed by atoms with E-state index in [4.69, 9.17) is 9.47 Å². The molecule has 2 aliphatic heterocycles. The summed E-state index contributed by atoms with van der Waals surface area (Å²) in [6.07, 6.45) is 12.2. The molecule has 0 aliphatic carbocycles. The van der Waals surface area contributed by atoms with Gasteiger partial charge in [-0.3, -0.25) is 0 Å². The standard InChI is InChI=1S/C20H32O4/c1-3-5-7-9-11-15-13-17(19(21)23-15)18-14-16(24-20(18)22)12-10-8-6-4-2/h15-16H,3-14H2,1-2H3/b18-17+. The van der Waals surface area contributed by atoms with E-state index in [2.05, 4.69) is 13.8 Å². The van der Waals surface area contributed by atoms with Crippen molar-refractivity contribution in [3.8, 4) is 0 Å². The van der Waals surface area contributed by atoms with Crippen LogP contribution in [0, 0.1) is 0 Å². The summed E-state index contributed by atoms with van der Waals surface area (Å²) >= 11 is 0. The van der Waals surface area contributed by atoms with Gasteiger partial charge in [0.2, 0.25) is 0 Å². The highest BCUT2D eigenvalue weighted by atomic mass is 16.6. The van der Waals surface area contributed by atoms with E-state index in [0.717, 1.165) is 25.7 Å². The fourth-order valence-electron chi connectivity index (χ4n) is 3.56. The Kier molecular flexibility index (Phi) is 7.80. The Morgan fingerprint density at radius 1 is 0.708 bits per heavy atom. The molecule has 2 saturated heterocycles. The Morgan fingerprint density at radius 3 is 1.50 bits per heavy atom. The molecule has 0 bridgehead atoms. The molecule has 0 aromatic heterocycles. The predicted octanol–water partition coefficient (Wildman–Crippen LogP) is 4.85. The molecule has 0 N–H and O–H groups in total. The number of hydrogen-bond acceptors (Lipinski definition) is 4. The molecule has 2 fully saturated rings. The number of rotatable bonds is 10. The fraction of sp³-hybridized carbons (Fsp3) is 0.800. The quantitative estimate of drug-likeness (QED) is 0.325. The minimum Gasteiger partial charge on any atom is -0.459 e. The largest absolute Gasteiger partial charge is 0.459 e. The second-order valence-electron chi connectivity index (χ2n) is 7.12. The van der Waals surface area contributed by atoms with Gasteiger partial charge in [-0.1, -0.05) is 52.4 Å². The van der Waals surface area contributed by atoms with E-state index in [-0.39, 0.29) is 24.1 Å². The Bertz CT molecular complexity index is 424. The topological polar surface area (TPSA) is 52.6 Å². The summed E-state index contributed by atoms with van der Waals surface area (Å²) in [6.45, 7) is 4.37. The van der Waals surface area contributed by atoms with Crippen molar-refractivity contribution in [2.75, 3.05) is 0 Å². The Balaban J connectivity index is 1.84. The molecule has 136 valence electrons. The van der Waals surface area contributed by atoms with Crippen molar-refractivity contribution in [3.63, 3.8) is 0 Å². The van der Waals surface area contributed by atoms with Gasteiger partial charge in [0.1, 0.15) is 12.2 Å². The van der Waals surface area contributed by atoms with Gasteiger partial charge in [0.25, 0.3) is 0 Å². The van der Waals surface area contributed by atoms with Crippen molar-refractivity contribution in [1.29, 1.82) is 0 Å². The van der Waals surface area contributed by atoms with Crippen LogP contribution in [0.25, 0.3) is 0 Å². The van der Waals surface area contributed by atoms with Gasteiger partial charge in [0.15, 0.2) is 0 Å². The molecule has 4 nitrogen and oxygen atoms in total. The Hall–Kier alpha value is -1.32. The van der Waals surface area contributed by atoms with Gasteiger partial charge in [-0.15, -0.1) is 0 Å².